The summed E-state index contributed by atoms with van der Waals surface area (Å²) in [7, 11) is -4.03. The third kappa shape index (κ3) is 3.73. The summed E-state index contributed by atoms with van der Waals surface area (Å²) >= 11 is 0. The predicted octanol–water partition coefficient (Wildman–Crippen LogP) is 1.05. The molecule has 0 saturated carbocycles. The lowest BCUT2D eigenvalue weighted by Crippen LogP contribution is -2.46. The number of rotatable bonds is 7. The maximum atomic E-state index is 12.6. The second-order valence-electron chi connectivity index (χ2n) is 5.34. The van der Waals surface area contributed by atoms with Crippen molar-refractivity contribution in [2.45, 2.75) is 43.7 Å². The Balaban J connectivity index is 2.16. The van der Waals surface area contributed by atoms with Gasteiger partial charge >= 0.3 is 5.97 Å². The van der Waals surface area contributed by atoms with Crippen LogP contribution in [0.15, 0.2) is 21.6 Å². The van der Waals surface area contributed by atoms with E-state index in [9.17, 15) is 18.0 Å². The summed E-state index contributed by atoms with van der Waals surface area (Å²) in [5.41, 5.74) is 0. The molecule has 0 aliphatic carbocycles. The van der Waals surface area contributed by atoms with Crippen molar-refractivity contribution < 1.29 is 27.5 Å². The minimum atomic E-state index is -4.03. The molecule has 1 atom stereocenters. The molecule has 1 unspecified atom stereocenters. The van der Waals surface area contributed by atoms with Crippen LogP contribution in [0.3, 0.4) is 0 Å². The average Bonchev–Trinajstić information content (AvgIpc) is 3.17. The van der Waals surface area contributed by atoms with E-state index in [0.29, 0.717) is 19.4 Å². The Morgan fingerprint density at radius 2 is 2.17 bits per heavy atom. The summed E-state index contributed by atoms with van der Waals surface area (Å²) in [5.74, 6) is -2.13. The number of furan rings is 1. The van der Waals surface area contributed by atoms with Crippen LogP contribution < -0.4 is 5.32 Å². The van der Waals surface area contributed by atoms with E-state index < -0.39 is 32.9 Å². The molecule has 1 aromatic heterocycles. The molecular formula is C14H20N2O6S. The Hall–Kier alpha value is -1.87. The fourth-order valence-electron chi connectivity index (χ4n) is 2.49. The predicted molar refractivity (Wildman–Crippen MR) is 80.5 cm³/mol. The number of carboxylic acid groups (broad SMARTS) is 1. The summed E-state index contributed by atoms with van der Waals surface area (Å²) in [6.45, 7) is 2.70. The van der Waals surface area contributed by atoms with E-state index in [1.807, 2.05) is 6.92 Å². The molecule has 128 valence electrons. The van der Waals surface area contributed by atoms with Crippen molar-refractivity contribution in [2.75, 3.05) is 13.1 Å². The van der Waals surface area contributed by atoms with Crippen molar-refractivity contribution in [1.29, 1.82) is 0 Å². The van der Waals surface area contributed by atoms with Crippen LogP contribution in [0.4, 0.5) is 0 Å². The highest BCUT2D eigenvalue weighted by atomic mass is 32.2. The monoisotopic (exact) mass is 344 g/mol. The van der Waals surface area contributed by atoms with Crippen LogP contribution >= 0.6 is 0 Å². The molecule has 2 N–H and O–H groups in total. The third-order valence-electron chi connectivity index (χ3n) is 3.69. The van der Waals surface area contributed by atoms with E-state index in [0.717, 1.165) is 29.3 Å². The number of aromatic carboxylic acids is 1. The van der Waals surface area contributed by atoms with Crippen LogP contribution in [0, 0.1) is 0 Å². The number of carboxylic acids is 1. The van der Waals surface area contributed by atoms with Gasteiger partial charge in [0, 0.05) is 13.1 Å². The summed E-state index contributed by atoms with van der Waals surface area (Å²) in [6, 6.07) is 1.40. The van der Waals surface area contributed by atoms with E-state index in [4.69, 9.17) is 9.52 Å². The Bertz CT molecular complexity index is 681. The molecule has 1 fully saturated rings. The van der Waals surface area contributed by atoms with Gasteiger partial charge < -0.3 is 14.8 Å². The van der Waals surface area contributed by atoms with Crippen molar-refractivity contribution >= 4 is 21.9 Å². The molecule has 9 heteroatoms. The van der Waals surface area contributed by atoms with Gasteiger partial charge in [-0.1, -0.05) is 13.3 Å². The van der Waals surface area contributed by atoms with Gasteiger partial charge in [-0.15, -0.1) is 0 Å². The smallest absolute Gasteiger partial charge is 0.371 e. The van der Waals surface area contributed by atoms with Crippen molar-refractivity contribution in [3.05, 3.63) is 17.9 Å². The number of hydrogen-bond acceptors (Lipinski definition) is 5. The topological polar surface area (TPSA) is 117 Å². The molecule has 1 aliphatic rings. The Labute approximate surface area is 134 Å². The fourth-order valence-corrected chi connectivity index (χ4v) is 4.06. The molecule has 0 bridgehead atoms. The van der Waals surface area contributed by atoms with Crippen LogP contribution in [-0.4, -0.2) is 48.8 Å². The molecule has 0 aromatic carbocycles. The zero-order valence-electron chi connectivity index (χ0n) is 12.8. The number of carbonyl (C=O) groups excluding carboxylic acids is 1. The highest BCUT2D eigenvalue weighted by Crippen LogP contribution is 2.27. The number of nitrogens with zero attached hydrogens (tertiary/aromatic N) is 1. The van der Waals surface area contributed by atoms with Gasteiger partial charge in [0.15, 0.2) is 0 Å². The van der Waals surface area contributed by atoms with Gasteiger partial charge in [0.2, 0.25) is 16.8 Å². The zero-order valence-corrected chi connectivity index (χ0v) is 13.6. The first-order valence-electron chi connectivity index (χ1n) is 7.50. The van der Waals surface area contributed by atoms with Gasteiger partial charge in [-0.25, -0.2) is 13.2 Å². The molecule has 1 saturated heterocycles. The van der Waals surface area contributed by atoms with Crippen LogP contribution in [0.25, 0.3) is 0 Å². The summed E-state index contributed by atoms with van der Waals surface area (Å²) in [5, 5.41) is 11.1. The quantitative estimate of drug-likeness (QED) is 0.714. The molecule has 0 radical (unpaired) electrons. The van der Waals surface area contributed by atoms with Crippen molar-refractivity contribution in [2.24, 2.45) is 0 Å². The molecule has 1 aliphatic heterocycles. The maximum absolute atomic E-state index is 12.6. The van der Waals surface area contributed by atoms with E-state index >= 15 is 0 Å². The number of unbranched alkanes of at least 4 members (excludes halogenated alkanes) is 1. The van der Waals surface area contributed by atoms with Gasteiger partial charge in [-0.05, 0) is 31.4 Å². The first-order chi connectivity index (χ1) is 10.9. The van der Waals surface area contributed by atoms with Gasteiger partial charge in [0.05, 0.1) is 0 Å². The first-order valence-corrected chi connectivity index (χ1v) is 8.94. The minimum Gasteiger partial charge on any atom is -0.475 e. The maximum Gasteiger partial charge on any atom is 0.371 e. The minimum absolute atomic E-state index is 0.206. The molecule has 2 rings (SSSR count). The number of sulfonamides is 1. The molecule has 2 heterocycles. The molecule has 1 amide bonds. The van der Waals surface area contributed by atoms with Gasteiger partial charge in [0.25, 0.3) is 10.0 Å². The molecule has 1 aromatic rings. The Morgan fingerprint density at radius 1 is 1.43 bits per heavy atom. The Kier molecular flexibility index (Phi) is 5.42. The second kappa shape index (κ2) is 7.14. The lowest BCUT2D eigenvalue weighted by Gasteiger charge is -2.22. The van der Waals surface area contributed by atoms with E-state index in [1.165, 1.54) is 0 Å². The molecule has 8 nitrogen and oxygen atoms in total. The Morgan fingerprint density at radius 3 is 2.78 bits per heavy atom. The van der Waals surface area contributed by atoms with Crippen molar-refractivity contribution in [3.8, 4) is 0 Å². The highest BCUT2D eigenvalue weighted by molar-refractivity contribution is 7.89. The molecular weight excluding hydrogens is 324 g/mol. The molecule has 23 heavy (non-hydrogen) atoms. The SMILES string of the molecule is CCCCNC(=O)C1CCCN1S(=O)(=O)c1ccc(C(=O)O)o1. The van der Waals surface area contributed by atoms with E-state index in [2.05, 4.69) is 5.32 Å². The average molecular weight is 344 g/mol. The van der Waals surface area contributed by atoms with Gasteiger partial charge in [-0.2, -0.15) is 4.31 Å². The number of hydrogen-bond donors (Lipinski definition) is 2. The zero-order chi connectivity index (χ0) is 17.0. The standard InChI is InChI=1S/C14H20N2O6S/c1-2-3-8-15-13(17)10-5-4-9-16(10)23(20,21)12-7-6-11(22-12)14(18)19/h6-7,10H,2-5,8-9H2,1H3,(H,15,17)(H,18,19). The lowest BCUT2D eigenvalue weighted by molar-refractivity contribution is -0.124. The third-order valence-corrected chi connectivity index (χ3v) is 5.47. The lowest BCUT2D eigenvalue weighted by atomic mass is 10.2. The number of carbonyl (C=O) groups is 2. The van der Waals surface area contributed by atoms with Crippen LogP contribution in [-0.2, 0) is 14.8 Å². The number of amides is 1. The van der Waals surface area contributed by atoms with Crippen molar-refractivity contribution in [3.63, 3.8) is 0 Å². The number of nitrogens with one attached hydrogen (secondary N) is 1. The largest absolute Gasteiger partial charge is 0.475 e. The second-order valence-corrected chi connectivity index (χ2v) is 7.16. The fraction of sp³-hybridized carbons (Fsp3) is 0.571. The van der Waals surface area contributed by atoms with Crippen LogP contribution in [0.5, 0.6) is 0 Å². The summed E-state index contributed by atoms with van der Waals surface area (Å²) in [4.78, 5) is 23.0. The van der Waals surface area contributed by atoms with Crippen LogP contribution in [0.2, 0.25) is 0 Å². The van der Waals surface area contributed by atoms with Gasteiger partial charge in [0.1, 0.15) is 6.04 Å². The van der Waals surface area contributed by atoms with E-state index in [-0.39, 0.29) is 12.5 Å². The summed E-state index contributed by atoms with van der Waals surface area (Å²) in [6.07, 6.45) is 2.75. The highest BCUT2D eigenvalue weighted by Gasteiger charge is 2.41. The van der Waals surface area contributed by atoms with Crippen molar-refractivity contribution in [1.82, 2.24) is 9.62 Å². The van der Waals surface area contributed by atoms with Gasteiger partial charge in [-0.3, -0.25) is 4.79 Å². The molecule has 0 spiro atoms. The van der Waals surface area contributed by atoms with Crippen LogP contribution in [0.1, 0.15) is 43.2 Å². The summed E-state index contributed by atoms with van der Waals surface area (Å²) < 4.78 is 31.1. The van der Waals surface area contributed by atoms with E-state index in [1.54, 1.807) is 0 Å². The normalized spacial score (nSPS) is 18.9. The first kappa shape index (κ1) is 17.5.